The maximum absolute atomic E-state index is 2.39. The van der Waals surface area contributed by atoms with Gasteiger partial charge in [0.25, 0.3) is 0 Å². The molecule has 100 valence electrons. The number of benzene rings is 1. The Hall–Kier alpha value is -1.54. The molecule has 2 aromatic rings. The Balaban J connectivity index is 2.05. The number of fused-ring (bicyclic) bond motifs is 1. The molecule has 3 rings (SSSR count). The third-order valence-corrected chi connectivity index (χ3v) is 3.99. The second kappa shape index (κ2) is 4.86. The van der Waals surface area contributed by atoms with E-state index in [0.717, 1.165) is 13.0 Å². The van der Waals surface area contributed by atoms with E-state index >= 15 is 0 Å². The largest absolute Gasteiger partial charge is 0.345 e. The van der Waals surface area contributed by atoms with Gasteiger partial charge in [0.05, 0.1) is 0 Å². The van der Waals surface area contributed by atoms with Gasteiger partial charge in [-0.2, -0.15) is 0 Å². The number of rotatable bonds is 2. The summed E-state index contributed by atoms with van der Waals surface area (Å²) < 4.78 is 2.35. The van der Waals surface area contributed by atoms with Gasteiger partial charge >= 0.3 is 0 Å². The van der Waals surface area contributed by atoms with Crippen LogP contribution in [0.5, 0.6) is 0 Å². The van der Waals surface area contributed by atoms with E-state index < -0.39 is 0 Å². The van der Waals surface area contributed by atoms with E-state index in [1.807, 2.05) is 0 Å². The van der Waals surface area contributed by atoms with Gasteiger partial charge in [-0.15, -0.1) is 0 Å². The van der Waals surface area contributed by atoms with Crippen molar-refractivity contribution in [1.29, 1.82) is 0 Å². The molecule has 2 heterocycles. The summed E-state index contributed by atoms with van der Waals surface area (Å²) in [5, 5.41) is 1.34. The van der Waals surface area contributed by atoms with Gasteiger partial charge in [0, 0.05) is 30.8 Å². The van der Waals surface area contributed by atoms with Gasteiger partial charge < -0.3 is 9.47 Å². The second-order valence-corrected chi connectivity index (χ2v) is 5.85. The average Bonchev–Trinajstić information content (AvgIpc) is 2.81. The molecule has 0 spiro atoms. The fourth-order valence-corrected chi connectivity index (χ4v) is 2.90. The highest BCUT2D eigenvalue weighted by Gasteiger charge is 2.12. The first-order valence-electron chi connectivity index (χ1n) is 7.13. The number of hydrogen-bond acceptors (Lipinski definition) is 1. The fraction of sp³-hybridized carbons (Fsp3) is 0.412. The van der Waals surface area contributed by atoms with Crippen LogP contribution >= 0.6 is 0 Å². The van der Waals surface area contributed by atoms with Crippen LogP contribution in [0.4, 0.5) is 0 Å². The zero-order valence-corrected chi connectivity index (χ0v) is 12.1. The fourth-order valence-electron chi connectivity index (χ4n) is 2.90. The van der Waals surface area contributed by atoms with Crippen molar-refractivity contribution in [3.8, 4) is 0 Å². The standard InChI is InChI=1S/C17H22N2/c1-13(2)19-10-8-14-6-7-15(11-17(14)19)16-5-4-9-18(3)12-16/h5-8,10-11,13H,4,9,12H2,1-3H3. The van der Waals surface area contributed by atoms with Gasteiger partial charge in [-0.05, 0) is 56.0 Å². The van der Waals surface area contributed by atoms with Gasteiger partial charge in [-0.1, -0.05) is 18.2 Å². The highest BCUT2D eigenvalue weighted by molar-refractivity contribution is 5.85. The zero-order valence-electron chi connectivity index (χ0n) is 12.1. The Labute approximate surface area is 115 Å². The molecule has 0 bridgehead atoms. The van der Waals surface area contributed by atoms with Crippen LogP contribution in [0.15, 0.2) is 36.5 Å². The minimum absolute atomic E-state index is 0.510. The number of nitrogens with zero attached hydrogens (tertiary/aromatic N) is 2. The molecule has 19 heavy (non-hydrogen) atoms. The van der Waals surface area contributed by atoms with Crippen molar-refractivity contribution in [1.82, 2.24) is 9.47 Å². The zero-order chi connectivity index (χ0) is 13.4. The Morgan fingerprint density at radius 1 is 1.16 bits per heavy atom. The van der Waals surface area contributed by atoms with Crippen LogP contribution in [-0.4, -0.2) is 29.6 Å². The smallest absolute Gasteiger partial charge is 0.0488 e. The predicted octanol–water partition coefficient (Wildman–Crippen LogP) is 3.94. The van der Waals surface area contributed by atoms with Crippen LogP contribution < -0.4 is 0 Å². The van der Waals surface area contributed by atoms with E-state index in [2.05, 4.69) is 66.9 Å². The van der Waals surface area contributed by atoms with E-state index in [1.165, 1.54) is 28.6 Å². The molecule has 0 unspecified atom stereocenters. The number of likely N-dealkylation sites (N-methyl/N-ethyl adjacent to an activating group) is 1. The molecule has 0 aliphatic carbocycles. The molecule has 0 N–H and O–H groups in total. The maximum Gasteiger partial charge on any atom is 0.0488 e. The molecular weight excluding hydrogens is 232 g/mol. The summed E-state index contributed by atoms with van der Waals surface area (Å²) >= 11 is 0. The van der Waals surface area contributed by atoms with E-state index in [1.54, 1.807) is 0 Å². The molecule has 0 amide bonds. The van der Waals surface area contributed by atoms with Crippen LogP contribution in [0, 0.1) is 0 Å². The second-order valence-electron chi connectivity index (χ2n) is 5.85. The van der Waals surface area contributed by atoms with Crippen LogP contribution in [0.25, 0.3) is 16.5 Å². The van der Waals surface area contributed by atoms with Crippen LogP contribution in [0.2, 0.25) is 0 Å². The summed E-state index contributed by atoms with van der Waals surface area (Å²) in [6.45, 7) is 6.71. The number of hydrogen-bond donors (Lipinski definition) is 0. The van der Waals surface area contributed by atoms with Crippen molar-refractivity contribution in [2.75, 3.05) is 20.1 Å². The van der Waals surface area contributed by atoms with E-state index in [0.29, 0.717) is 6.04 Å². The lowest BCUT2D eigenvalue weighted by Gasteiger charge is -2.23. The molecular formula is C17H22N2. The summed E-state index contributed by atoms with van der Waals surface area (Å²) in [5.41, 5.74) is 4.19. The molecule has 1 aromatic carbocycles. The molecule has 1 aliphatic heterocycles. The minimum atomic E-state index is 0.510. The monoisotopic (exact) mass is 254 g/mol. The summed E-state index contributed by atoms with van der Waals surface area (Å²) in [4.78, 5) is 2.39. The van der Waals surface area contributed by atoms with Crippen LogP contribution in [0.1, 0.15) is 31.9 Å². The van der Waals surface area contributed by atoms with Crippen molar-refractivity contribution < 1.29 is 0 Å². The van der Waals surface area contributed by atoms with Gasteiger partial charge in [0.15, 0.2) is 0 Å². The first-order valence-corrected chi connectivity index (χ1v) is 7.13. The Morgan fingerprint density at radius 3 is 2.74 bits per heavy atom. The maximum atomic E-state index is 2.39. The van der Waals surface area contributed by atoms with E-state index in [9.17, 15) is 0 Å². The average molecular weight is 254 g/mol. The van der Waals surface area contributed by atoms with E-state index in [-0.39, 0.29) is 0 Å². The molecule has 1 aromatic heterocycles. The molecule has 1 aliphatic rings. The highest BCUT2D eigenvalue weighted by Crippen LogP contribution is 2.26. The molecule has 2 nitrogen and oxygen atoms in total. The van der Waals surface area contributed by atoms with Gasteiger partial charge in [0.2, 0.25) is 0 Å². The van der Waals surface area contributed by atoms with Gasteiger partial charge in [0.1, 0.15) is 0 Å². The quantitative estimate of drug-likeness (QED) is 0.788. The summed E-state index contributed by atoms with van der Waals surface area (Å²) in [6, 6.07) is 9.58. The first kappa shape index (κ1) is 12.5. The SMILES string of the molecule is CC(C)n1ccc2ccc(C3=CCCN(C)C3)cc21. The summed E-state index contributed by atoms with van der Waals surface area (Å²) in [7, 11) is 2.20. The molecule has 0 atom stereocenters. The van der Waals surface area contributed by atoms with Gasteiger partial charge in [-0.3, -0.25) is 0 Å². The molecule has 2 heteroatoms. The Bertz CT molecular complexity index is 619. The summed E-state index contributed by atoms with van der Waals surface area (Å²) in [6.07, 6.45) is 5.75. The first-order chi connectivity index (χ1) is 9.15. The predicted molar refractivity (Wildman–Crippen MR) is 82.4 cm³/mol. The lowest BCUT2D eigenvalue weighted by molar-refractivity contribution is 0.373. The molecule has 0 fully saturated rings. The molecule has 0 radical (unpaired) electrons. The van der Waals surface area contributed by atoms with Crippen molar-refractivity contribution >= 4 is 16.5 Å². The third kappa shape index (κ3) is 2.33. The Kier molecular flexibility index (Phi) is 3.19. The normalized spacial score (nSPS) is 17.2. The topological polar surface area (TPSA) is 8.17 Å². The lowest BCUT2D eigenvalue weighted by Crippen LogP contribution is -2.24. The number of aromatic nitrogens is 1. The van der Waals surface area contributed by atoms with Gasteiger partial charge in [-0.25, -0.2) is 0 Å². The van der Waals surface area contributed by atoms with Crippen molar-refractivity contribution in [3.05, 3.63) is 42.1 Å². The lowest BCUT2D eigenvalue weighted by atomic mass is 10.0. The van der Waals surface area contributed by atoms with Crippen molar-refractivity contribution in [3.63, 3.8) is 0 Å². The van der Waals surface area contributed by atoms with Crippen molar-refractivity contribution in [2.45, 2.75) is 26.3 Å². The molecule has 0 saturated carbocycles. The highest BCUT2D eigenvalue weighted by atomic mass is 15.1. The Morgan fingerprint density at radius 2 is 2.00 bits per heavy atom. The minimum Gasteiger partial charge on any atom is -0.345 e. The van der Waals surface area contributed by atoms with Crippen LogP contribution in [0.3, 0.4) is 0 Å². The van der Waals surface area contributed by atoms with Crippen molar-refractivity contribution in [2.24, 2.45) is 0 Å². The summed E-state index contributed by atoms with van der Waals surface area (Å²) in [5.74, 6) is 0. The van der Waals surface area contributed by atoms with Crippen LogP contribution in [-0.2, 0) is 0 Å². The van der Waals surface area contributed by atoms with E-state index in [4.69, 9.17) is 0 Å². The molecule has 0 saturated heterocycles. The third-order valence-electron chi connectivity index (χ3n) is 3.99.